The molecule has 0 aromatic carbocycles. The van der Waals surface area contributed by atoms with Gasteiger partial charge in [0.25, 0.3) is 5.91 Å². The lowest BCUT2D eigenvalue weighted by molar-refractivity contribution is -0.133. The minimum atomic E-state index is -0.928. The number of carbonyl (C=O) groups excluding carboxylic acids is 2. The van der Waals surface area contributed by atoms with Crippen LogP contribution in [0.3, 0.4) is 0 Å². The summed E-state index contributed by atoms with van der Waals surface area (Å²) in [6, 6.07) is 4.58. The van der Waals surface area contributed by atoms with Crippen LogP contribution in [-0.2, 0) is 11.3 Å². The van der Waals surface area contributed by atoms with Crippen LogP contribution in [0.25, 0.3) is 11.1 Å². The lowest BCUT2D eigenvalue weighted by Gasteiger charge is -2.45. The second-order valence-corrected chi connectivity index (χ2v) is 11.3. The number of nitrogens with one attached hydrogen (secondary N) is 1. The van der Waals surface area contributed by atoms with E-state index >= 15 is 0 Å². The van der Waals surface area contributed by atoms with E-state index in [9.17, 15) is 9.59 Å². The third kappa shape index (κ3) is 4.89. The van der Waals surface area contributed by atoms with Crippen molar-refractivity contribution in [3.05, 3.63) is 24.1 Å². The third-order valence-corrected chi connectivity index (χ3v) is 8.82. The molecule has 3 heterocycles. The molecule has 2 aromatic rings. The van der Waals surface area contributed by atoms with E-state index in [0.717, 1.165) is 44.2 Å². The molecular formula is C28H42N4O3. The molecule has 1 atom stereocenters. The van der Waals surface area contributed by atoms with Crippen molar-refractivity contribution in [2.75, 3.05) is 20.1 Å². The zero-order chi connectivity index (χ0) is 24.4. The summed E-state index contributed by atoms with van der Waals surface area (Å²) in [6.07, 6.45) is 15.9. The highest BCUT2D eigenvalue weighted by Gasteiger charge is 2.48. The maximum atomic E-state index is 13.9. The molecule has 1 unspecified atom stereocenters. The van der Waals surface area contributed by atoms with E-state index in [1.165, 1.54) is 44.9 Å². The average molecular weight is 483 g/mol. The molecule has 3 aliphatic rings. The Morgan fingerprint density at radius 3 is 2.54 bits per heavy atom. The van der Waals surface area contributed by atoms with Crippen molar-refractivity contribution in [1.82, 2.24) is 19.7 Å². The van der Waals surface area contributed by atoms with E-state index < -0.39 is 5.54 Å². The number of hydrogen-bond donors (Lipinski definition) is 1. The highest BCUT2D eigenvalue weighted by atomic mass is 16.3. The summed E-state index contributed by atoms with van der Waals surface area (Å²) < 4.78 is 7.58. The summed E-state index contributed by atoms with van der Waals surface area (Å²) >= 11 is 0. The molecule has 192 valence electrons. The first-order valence-electron chi connectivity index (χ1n) is 13.9. The number of rotatable bonds is 7. The van der Waals surface area contributed by atoms with Gasteiger partial charge in [0.15, 0.2) is 5.58 Å². The topological polar surface area (TPSA) is 70.7 Å². The van der Waals surface area contributed by atoms with Crippen molar-refractivity contribution in [1.29, 1.82) is 0 Å². The van der Waals surface area contributed by atoms with Crippen molar-refractivity contribution < 1.29 is 14.0 Å². The largest absolute Gasteiger partial charge is 0.463 e. The molecule has 7 nitrogen and oxygen atoms in total. The molecule has 2 aliphatic carbocycles. The van der Waals surface area contributed by atoms with Gasteiger partial charge in [0, 0.05) is 30.8 Å². The molecule has 2 saturated carbocycles. The van der Waals surface area contributed by atoms with Crippen LogP contribution in [0.2, 0.25) is 0 Å². The molecule has 0 bridgehead atoms. The van der Waals surface area contributed by atoms with Crippen molar-refractivity contribution in [3.8, 4) is 0 Å². The molecule has 0 saturated heterocycles. The van der Waals surface area contributed by atoms with Crippen LogP contribution in [0.1, 0.15) is 94.5 Å². The van der Waals surface area contributed by atoms with Gasteiger partial charge < -0.3 is 24.1 Å². The fourth-order valence-corrected chi connectivity index (χ4v) is 6.57. The summed E-state index contributed by atoms with van der Waals surface area (Å²) in [4.78, 5) is 32.0. The van der Waals surface area contributed by atoms with Gasteiger partial charge in [-0.05, 0) is 52.6 Å². The standard InChI is InChI=1S/C28H42N4O3/c1-28(27(34)29-21-11-6-3-4-7-12-21)20-31-23-15-18-35-25(23)19-24(31)26(33)32(28)17-10-16-30(2)22-13-8-5-9-14-22/h15,18-19,21-22H,3-14,16-17,20H2,1-2H3,(H,29,34). The van der Waals surface area contributed by atoms with Gasteiger partial charge in [-0.1, -0.05) is 44.9 Å². The van der Waals surface area contributed by atoms with Crippen LogP contribution in [0.15, 0.2) is 22.8 Å². The average Bonchev–Trinajstić information content (AvgIpc) is 3.36. The van der Waals surface area contributed by atoms with Gasteiger partial charge in [0.2, 0.25) is 5.91 Å². The molecular weight excluding hydrogens is 440 g/mol. The van der Waals surface area contributed by atoms with E-state index in [2.05, 4.69) is 17.3 Å². The Morgan fingerprint density at radius 2 is 1.80 bits per heavy atom. The molecule has 0 radical (unpaired) electrons. The Kier molecular flexibility index (Phi) is 7.24. The van der Waals surface area contributed by atoms with Gasteiger partial charge in [-0.15, -0.1) is 0 Å². The fourth-order valence-electron chi connectivity index (χ4n) is 6.57. The van der Waals surface area contributed by atoms with Crippen LogP contribution in [0, 0.1) is 0 Å². The predicted octanol–water partition coefficient (Wildman–Crippen LogP) is 4.94. The fraction of sp³-hybridized carbons (Fsp3) is 0.714. The normalized spacial score (nSPS) is 24.7. The number of furan rings is 1. The lowest BCUT2D eigenvalue weighted by atomic mass is 9.93. The van der Waals surface area contributed by atoms with Crippen LogP contribution < -0.4 is 5.32 Å². The van der Waals surface area contributed by atoms with E-state index in [0.29, 0.717) is 30.4 Å². The minimum Gasteiger partial charge on any atom is -0.463 e. The molecule has 5 rings (SSSR count). The third-order valence-electron chi connectivity index (χ3n) is 8.82. The minimum absolute atomic E-state index is 0.0191. The van der Waals surface area contributed by atoms with Crippen molar-refractivity contribution in [3.63, 3.8) is 0 Å². The number of hydrogen-bond acceptors (Lipinski definition) is 4. The van der Waals surface area contributed by atoms with Crippen LogP contribution in [0.5, 0.6) is 0 Å². The first kappa shape index (κ1) is 24.4. The predicted molar refractivity (Wildman–Crippen MR) is 137 cm³/mol. The quantitative estimate of drug-likeness (QED) is 0.568. The SMILES string of the molecule is CN(CCCN1C(=O)c2cc3occc3n2CC1(C)C(=O)NC1CCCCCC1)C1CCCCC1. The number of aromatic nitrogens is 1. The molecule has 7 heteroatoms. The van der Waals surface area contributed by atoms with Gasteiger partial charge in [0.1, 0.15) is 11.2 Å². The van der Waals surface area contributed by atoms with Gasteiger partial charge in [-0.3, -0.25) is 9.59 Å². The Morgan fingerprint density at radius 1 is 1.11 bits per heavy atom. The Bertz CT molecular complexity index is 1030. The van der Waals surface area contributed by atoms with E-state index in [4.69, 9.17) is 4.42 Å². The van der Waals surface area contributed by atoms with E-state index in [1.807, 2.05) is 28.5 Å². The summed E-state index contributed by atoms with van der Waals surface area (Å²) in [7, 11) is 2.21. The maximum absolute atomic E-state index is 13.9. The second-order valence-electron chi connectivity index (χ2n) is 11.3. The molecule has 1 aliphatic heterocycles. The van der Waals surface area contributed by atoms with Crippen LogP contribution >= 0.6 is 0 Å². The lowest BCUT2D eigenvalue weighted by Crippen LogP contribution is -2.65. The first-order valence-corrected chi connectivity index (χ1v) is 13.9. The summed E-state index contributed by atoms with van der Waals surface area (Å²) in [5, 5.41) is 3.36. The van der Waals surface area contributed by atoms with Crippen LogP contribution in [-0.4, -0.2) is 63.9 Å². The second kappa shape index (κ2) is 10.4. The van der Waals surface area contributed by atoms with Crippen LogP contribution in [0.4, 0.5) is 0 Å². The van der Waals surface area contributed by atoms with E-state index in [1.54, 1.807) is 6.26 Å². The number of amides is 2. The molecule has 0 spiro atoms. The Balaban J connectivity index is 1.35. The van der Waals surface area contributed by atoms with Gasteiger partial charge in [-0.25, -0.2) is 0 Å². The Labute approximate surface area is 209 Å². The van der Waals surface area contributed by atoms with Gasteiger partial charge >= 0.3 is 0 Å². The Hall–Kier alpha value is -2.28. The molecule has 2 amide bonds. The number of fused-ring (bicyclic) bond motifs is 3. The summed E-state index contributed by atoms with van der Waals surface area (Å²) in [6.45, 7) is 3.93. The highest BCUT2D eigenvalue weighted by molar-refractivity contribution is 6.02. The molecule has 35 heavy (non-hydrogen) atoms. The van der Waals surface area contributed by atoms with Crippen molar-refractivity contribution in [2.45, 2.75) is 108 Å². The van der Waals surface area contributed by atoms with Crippen molar-refractivity contribution >= 4 is 22.9 Å². The number of nitrogens with zero attached hydrogens (tertiary/aromatic N) is 3. The summed E-state index contributed by atoms with van der Waals surface area (Å²) in [5.74, 6) is -0.0872. The zero-order valence-electron chi connectivity index (χ0n) is 21.6. The monoisotopic (exact) mass is 482 g/mol. The van der Waals surface area contributed by atoms with E-state index in [-0.39, 0.29) is 17.9 Å². The molecule has 2 fully saturated rings. The smallest absolute Gasteiger partial charge is 0.271 e. The highest BCUT2D eigenvalue weighted by Crippen LogP contribution is 2.33. The molecule has 2 aromatic heterocycles. The van der Waals surface area contributed by atoms with Gasteiger partial charge in [-0.2, -0.15) is 0 Å². The zero-order valence-corrected chi connectivity index (χ0v) is 21.6. The molecule has 1 N–H and O–H groups in total. The van der Waals surface area contributed by atoms with Crippen molar-refractivity contribution in [2.24, 2.45) is 0 Å². The summed E-state index contributed by atoms with van der Waals surface area (Å²) in [5.41, 5.74) is 1.29. The maximum Gasteiger partial charge on any atom is 0.271 e. The first-order chi connectivity index (χ1) is 17.0. The van der Waals surface area contributed by atoms with Gasteiger partial charge in [0.05, 0.1) is 18.3 Å². The number of carbonyl (C=O) groups is 2.